The lowest BCUT2D eigenvalue weighted by atomic mass is 9.90. The van der Waals surface area contributed by atoms with Gasteiger partial charge in [0, 0.05) is 10.7 Å². The number of rotatable bonds is 2. The molecule has 3 heteroatoms. The van der Waals surface area contributed by atoms with Crippen LogP contribution < -0.4 is 0 Å². The normalized spacial score (nSPS) is 39.1. The summed E-state index contributed by atoms with van der Waals surface area (Å²) in [6.07, 6.45) is 8.03. The van der Waals surface area contributed by atoms with Crippen LogP contribution in [0.4, 0.5) is 0 Å². The molecule has 0 spiro atoms. The minimum atomic E-state index is -0.234. The van der Waals surface area contributed by atoms with Crippen LogP contribution in [-0.2, 0) is 4.79 Å². The van der Waals surface area contributed by atoms with E-state index in [1.807, 2.05) is 0 Å². The summed E-state index contributed by atoms with van der Waals surface area (Å²) in [4.78, 5) is 12.7. The summed E-state index contributed by atoms with van der Waals surface area (Å²) in [7, 11) is 0. The van der Waals surface area contributed by atoms with Crippen LogP contribution in [0, 0.1) is 5.92 Å². The van der Waals surface area contributed by atoms with Crippen molar-refractivity contribution in [3.8, 4) is 0 Å². The highest BCUT2D eigenvalue weighted by Gasteiger charge is 2.48. The van der Waals surface area contributed by atoms with Gasteiger partial charge in [0.05, 0.1) is 4.32 Å². The molecular weight excluding hydrogens is 308 g/mol. The Morgan fingerprint density at radius 1 is 1.14 bits per heavy atom. The van der Waals surface area contributed by atoms with Gasteiger partial charge in [-0.15, -0.1) is 0 Å². The highest BCUT2D eigenvalue weighted by Crippen LogP contribution is 2.46. The summed E-state index contributed by atoms with van der Waals surface area (Å²) in [5.41, 5.74) is 0. The highest BCUT2D eigenvalue weighted by atomic mass is 79.9. The van der Waals surface area contributed by atoms with Crippen molar-refractivity contribution in [2.45, 2.75) is 54.1 Å². The molecule has 0 aromatic heterocycles. The number of carbonyl (C=O) groups excluding carboxylic acids is 1. The molecule has 0 aliphatic heterocycles. The second-order valence-electron chi connectivity index (χ2n) is 4.57. The van der Waals surface area contributed by atoms with E-state index in [1.54, 1.807) is 0 Å². The van der Waals surface area contributed by atoms with Gasteiger partial charge in [0.2, 0.25) is 0 Å². The van der Waals surface area contributed by atoms with Crippen LogP contribution in [0.15, 0.2) is 0 Å². The first-order valence-corrected chi connectivity index (χ1v) is 7.23. The fourth-order valence-electron chi connectivity index (χ4n) is 2.73. The van der Waals surface area contributed by atoms with Crippen LogP contribution >= 0.6 is 31.9 Å². The molecule has 2 aliphatic rings. The lowest BCUT2D eigenvalue weighted by molar-refractivity contribution is -0.124. The quantitative estimate of drug-likeness (QED) is 0.706. The van der Waals surface area contributed by atoms with Gasteiger partial charge >= 0.3 is 0 Å². The molecule has 80 valence electrons. The summed E-state index contributed by atoms with van der Waals surface area (Å²) in [5.74, 6) is 0.807. The molecule has 2 saturated carbocycles. The van der Waals surface area contributed by atoms with E-state index in [0.29, 0.717) is 16.5 Å². The van der Waals surface area contributed by atoms with Gasteiger partial charge in [0.25, 0.3) is 0 Å². The molecule has 2 unspecified atom stereocenters. The van der Waals surface area contributed by atoms with Gasteiger partial charge in [-0.3, -0.25) is 4.79 Å². The molecule has 1 nitrogen and oxygen atoms in total. The third-order valence-electron chi connectivity index (χ3n) is 3.63. The number of alkyl halides is 2. The summed E-state index contributed by atoms with van der Waals surface area (Å²) in [6, 6.07) is 0. The predicted octanol–water partition coefficient (Wildman–Crippen LogP) is 3.83. The minimum Gasteiger partial charge on any atom is -0.298 e. The Labute approximate surface area is 102 Å². The Balaban J connectivity index is 2.08. The van der Waals surface area contributed by atoms with E-state index < -0.39 is 0 Å². The standard InChI is InChI=1S/C11H16Br2O/c12-9-6-3-7-11(9,13)10(14)8-4-1-2-5-8/h8-9H,1-7H2. The van der Waals surface area contributed by atoms with Crippen LogP contribution in [0.1, 0.15) is 44.9 Å². The maximum absolute atomic E-state index is 12.3. The minimum absolute atomic E-state index is 0.234. The average molecular weight is 324 g/mol. The third-order valence-corrected chi connectivity index (χ3v) is 6.82. The highest BCUT2D eigenvalue weighted by molar-refractivity contribution is 9.12. The molecule has 2 fully saturated rings. The van der Waals surface area contributed by atoms with Crippen LogP contribution in [-0.4, -0.2) is 14.9 Å². The molecule has 0 heterocycles. The summed E-state index contributed by atoms with van der Waals surface area (Å²) in [5, 5.41) is 0. The van der Waals surface area contributed by atoms with Gasteiger partial charge in [-0.25, -0.2) is 0 Å². The van der Waals surface area contributed by atoms with Crippen LogP contribution in [0.5, 0.6) is 0 Å². The van der Waals surface area contributed by atoms with Gasteiger partial charge in [0.15, 0.2) is 5.78 Å². The Bertz CT molecular complexity index is 235. The molecule has 0 amide bonds. The van der Waals surface area contributed by atoms with Crippen LogP contribution in [0.25, 0.3) is 0 Å². The Morgan fingerprint density at radius 3 is 2.29 bits per heavy atom. The fraction of sp³-hybridized carbons (Fsp3) is 0.909. The number of halogens is 2. The first-order chi connectivity index (χ1) is 6.64. The lowest BCUT2D eigenvalue weighted by Gasteiger charge is -2.27. The second kappa shape index (κ2) is 4.25. The SMILES string of the molecule is O=C(C1CCCC1)C1(Br)CCCC1Br. The van der Waals surface area contributed by atoms with Gasteiger partial charge in [-0.2, -0.15) is 0 Å². The molecule has 0 radical (unpaired) electrons. The summed E-state index contributed by atoms with van der Waals surface area (Å²) >= 11 is 7.33. The van der Waals surface area contributed by atoms with Gasteiger partial charge in [-0.1, -0.05) is 51.1 Å². The van der Waals surface area contributed by atoms with Crippen LogP contribution in [0.3, 0.4) is 0 Å². The maximum atomic E-state index is 12.3. The van der Waals surface area contributed by atoms with Crippen molar-refractivity contribution >= 4 is 37.6 Å². The predicted molar refractivity (Wildman–Crippen MR) is 65.2 cm³/mol. The summed E-state index contributed by atoms with van der Waals surface area (Å²) in [6.45, 7) is 0. The molecule has 0 saturated heterocycles. The molecule has 0 aromatic carbocycles. The van der Waals surface area contributed by atoms with E-state index in [0.717, 1.165) is 25.7 Å². The van der Waals surface area contributed by atoms with Crippen molar-refractivity contribution in [1.29, 1.82) is 0 Å². The molecule has 0 aromatic rings. The number of hydrogen-bond acceptors (Lipinski definition) is 1. The lowest BCUT2D eigenvalue weighted by Crippen LogP contribution is -2.40. The number of Topliss-reactive ketones (excluding diaryl/α,β-unsaturated/α-hetero) is 1. The zero-order valence-corrected chi connectivity index (χ0v) is 11.4. The largest absolute Gasteiger partial charge is 0.298 e. The number of hydrogen-bond donors (Lipinski definition) is 0. The Hall–Kier alpha value is 0.630. The first-order valence-electron chi connectivity index (χ1n) is 5.52. The molecule has 2 rings (SSSR count). The van der Waals surface area contributed by atoms with E-state index >= 15 is 0 Å². The van der Waals surface area contributed by atoms with E-state index in [9.17, 15) is 4.79 Å². The molecule has 2 aliphatic carbocycles. The zero-order valence-electron chi connectivity index (χ0n) is 8.27. The van der Waals surface area contributed by atoms with Crippen molar-refractivity contribution in [2.24, 2.45) is 5.92 Å². The molecule has 0 bridgehead atoms. The zero-order chi connectivity index (χ0) is 10.2. The monoisotopic (exact) mass is 322 g/mol. The van der Waals surface area contributed by atoms with E-state index in [-0.39, 0.29) is 4.32 Å². The van der Waals surface area contributed by atoms with E-state index in [1.165, 1.54) is 19.3 Å². The van der Waals surface area contributed by atoms with Crippen molar-refractivity contribution < 1.29 is 4.79 Å². The topological polar surface area (TPSA) is 17.1 Å². The number of carbonyl (C=O) groups is 1. The maximum Gasteiger partial charge on any atom is 0.153 e. The van der Waals surface area contributed by atoms with Crippen molar-refractivity contribution in [3.05, 3.63) is 0 Å². The summed E-state index contributed by atoms with van der Waals surface area (Å²) < 4.78 is -0.234. The van der Waals surface area contributed by atoms with Gasteiger partial charge in [0.1, 0.15) is 0 Å². The Morgan fingerprint density at radius 2 is 1.79 bits per heavy atom. The third kappa shape index (κ3) is 1.82. The second-order valence-corrected chi connectivity index (χ2v) is 7.09. The van der Waals surface area contributed by atoms with Crippen LogP contribution in [0.2, 0.25) is 0 Å². The van der Waals surface area contributed by atoms with Crippen molar-refractivity contribution in [2.75, 3.05) is 0 Å². The molecule has 14 heavy (non-hydrogen) atoms. The van der Waals surface area contributed by atoms with Crippen molar-refractivity contribution in [3.63, 3.8) is 0 Å². The van der Waals surface area contributed by atoms with Crippen molar-refractivity contribution in [1.82, 2.24) is 0 Å². The average Bonchev–Trinajstić information content (AvgIpc) is 2.77. The number of ketones is 1. The molecule has 2 atom stereocenters. The van der Waals surface area contributed by atoms with Gasteiger partial charge < -0.3 is 0 Å². The van der Waals surface area contributed by atoms with E-state index in [2.05, 4.69) is 31.9 Å². The Kier molecular flexibility index (Phi) is 3.37. The fourth-order valence-corrected chi connectivity index (χ4v) is 4.34. The molecular formula is C11H16Br2O. The van der Waals surface area contributed by atoms with Gasteiger partial charge in [-0.05, 0) is 25.7 Å². The van der Waals surface area contributed by atoms with E-state index in [4.69, 9.17) is 0 Å². The first kappa shape index (κ1) is 11.1. The molecule has 0 N–H and O–H groups in total. The smallest absolute Gasteiger partial charge is 0.153 e.